The van der Waals surface area contributed by atoms with Gasteiger partial charge in [-0.25, -0.2) is 43.9 Å². The van der Waals surface area contributed by atoms with Crippen molar-refractivity contribution in [3.8, 4) is 0 Å². The van der Waals surface area contributed by atoms with E-state index >= 15 is 0 Å². The topological polar surface area (TPSA) is 21.1 Å². The van der Waals surface area contributed by atoms with Crippen LogP contribution < -0.4 is 4.90 Å². The summed E-state index contributed by atoms with van der Waals surface area (Å²) in [5.41, 5.74) is -2.45. The van der Waals surface area contributed by atoms with Crippen LogP contribution in [0.5, 0.6) is 0 Å². The van der Waals surface area contributed by atoms with Gasteiger partial charge in [-0.05, 0) is 18.2 Å². The van der Waals surface area contributed by atoms with Crippen molar-refractivity contribution in [3.63, 3.8) is 0 Å². The van der Waals surface area contributed by atoms with Crippen LogP contribution in [0.25, 0.3) is 10.9 Å². The molecule has 35 heavy (non-hydrogen) atoms. The summed E-state index contributed by atoms with van der Waals surface area (Å²) in [5, 5.41) is 4.47. The third-order valence-corrected chi connectivity index (χ3v) is 5.27. The highest BCUT2D eigenvalue weighted by molar-refractivity contribution is 5.82. The minimum Gasteiger partial charge on any atom is -0.362 e. The van der Waals surface area contributed by atoms with Crippen LogP contribution in [0.3, 0.4) is 0 Å². The minimum atomic E-state index is -2.42. The number of fused-ring (bicyclic) bond motifs is 1. The summed E-state index contributed by atoms with van der Waals surface area (Å²) in [6, 6.07) is 3.89. The Bertz CT molecular complexity index is 1350. The Morgan fingerprint density at radius 3 is 1.46 bits per heavy atom. The van der Waals surface area contributed by atoms with Gasteiger partial charge in [-0.15, -0.1) is 0 Å². The molecule has 0 saturated carbocycles. The van der Waals surface area contributed by atoms with Gasteiger partial charge >= 0.3 is 0 Å². The molecule has 184 valence electrons. The summed E-state index contributed by atoms with van der Waals surface area (Å²) < 4.78 is 140. The average Bonchev–Trinajstić information content (AvgIpc) is 3.22. The molecule has 3 aromatic carbocycles. The first-order valence-electron chi connectivity index (χ1n) is 9.61. The second-order valence-corrected chi connectivity index (χ2v) is 7.50. The largest absolute Gasteiger partial charge is 0.362 e. The Morgan fingerprint density at radius 1 is 0.629 bits per heavy atom. The van der Waals surface area contributed by atoms with E-state index in [1.54, 1.807) is 7.05 Å². The smallest absolute Gasteiger partial charge is 0.200 e. The van der Waals surface area contributed by atoms with Gasteiger partial charge in [0, 0.05) is 48.5 Å². The number of nitrogens with zero attached hydrogens (tertiary/aromatic N) is 3. The van der Waals surface area contributed by atoms with Crippen molar-refractivity contribution in [2.24, 2.45) is 7.05 Å². The van der Waals surface area contributed by atoms with E-state index in [0.717, 1.165) is 0 Å². The van der Waals surface area contributed by atoms with Crippen LogP contribution in [0, 0.1) is 58.2 Å². The van der Waals surface area contributed by atoms with Gasteiger partial charge in [0.2, 0.25) is 11.6 Å². The second-order valence-electron chi connectivity index (χ2n) is 7.50. The molecule has 0 spiro atoms. The maximum absolute atomic E-state index is 14.3. The van der Waals surface area contributed by atoms with E-state index in [2.05, 4.69) is 5.10 Å². The zero-order valence-electron chi connectivity index (χ0n) is 17.3. The van der Waals surface area contributed by atoms with Crippen molar-refractivity contribution in [1.82, 2.24) is 9.78 Å². The molecule has 0 fully saturated rings. The highest BCUT2D eigenvalue weighted by atomic mass is 19.2. The van der Waals surface area contributed by atoms with E-state index in [1.807, 2.05) is 0 Å². The maximum atomic E-state index is 14.3. The van der Waals surface area contributed by atoms with Gasteiger partial charge < -0.3 is 4.90 Å². The Kier molecular flexibility index (Phi) is 6.11. The lowest BCUT2D eigenvalue weighted by molar-refractivity contribution is 0.365. The first-order valence-corrected chi connectivity index (χ1v) is 9.61. The first-order chi connectivity index (χ1) is 16.4. The number of hydrogen-bond donors (Lipinski definition) is 0. The number of halogens is 10. The van der Waals surface area contributed by atoms with Crippen LogP contribution in [0.2, 0.25) is 0 Å². The molecule has 0 amide bonds. The molecule has 3 nitrogen and oxygen atoms in total. The standard InChI is InChI=1S/C22H11F10N3/c1-34-5-8-4-9(2-3-12(8)33-34)35(6-10-13(23)17(27)21(31)18(28)14(10)24)7-11-15(25)19(29)22(32)20(30)16(11)26/h2-5H,6-7H2,1H3. The molecule has 4 rings (SSSR count). The minimum absolute atomic E-state index is 0.0987. The Balaban J connectivity index is 1.89. The number of rotatable bonds is 5. The lowest BCUT2D eigenvalue weighted by Crippen LogP contribution is -2.26. The summed E-state index contributed by atoms with van der Waals surface area (Å²) in [6.45, 7) is -2.37. The van der Waals surface area contributed by atoms with E-state index in [1.165, 1.54) is 29.1 Å². The fourth-order valence-corrected chi connectivity index (χ4v) is 3.53. The zero-order chi connectivity index (χ0) is 25.8. The fourth-order valence-electron chi connectivity index (χ4n) is 3.53. The number of benzene rings is 3. The summed E-state index contributed by atoms with van der Waals surface area (Å²) >= 11 is 0. The molecule has 0 aliphatic rings. The third-order valence-electron chi connectivity index (χ3n) is 5.27. The molecule has 0 saturated heterocycles. The van der Waals surface area contributed by atoms with Gasteiger partial charge in [-0.2, -0.15) is 5.10 Å². The summed E-state index contributed by atoms with van der Waals surface area (Å²) in [6.07, 6.45) is 1.48. The molecule has 0 aliphatic heterocycles. The van der Waals surface area contributed by atoms with Crippen molar-refractivity contribution >= 4 is 16.6 Å². The second kappa shape index (κ2) is 8.78. The van der Waals surface area contributed by atoms with Crippen LogP contribution in [-0.2, 0) is 20.1 Å². The lowest BCUT2D eigenvalue weighted by atomic mass is 10.1. The molecule has 0 aliphatic carbocycles. The lowest BCUT2D eigenvalue weighted by Gasteiger charge is -2.26. The summed E-state index contributed by atoms with van der Waals surface area (Å²) in [7, 11) is 1.56. The monoisotopic (exact) mass is 507 g/mol. The van der Waals surface area contributed by atoms with Crippen LogP contribution in [0.4, 0.5) is 49.6 Å². The van der Waals surface area contributed by atoms with Crippen molar-refractivity contribution in [3.05, 3.63) is 93.7 Å². The zero-order valence-corrected chi connectivity index (χ0v) is 17.3. The molecular formula is C22H11F10N3. The number of anilines is 1. The van der Waals surface area contributed by atoms with E-state index in [-0.39, 0.29) is 5.69 Å². The van der Waals surface area contributed by atoms with Gasteiger partial charge in [0.25, 0.3) is 0 Å². The molecule has 0 N–H and O–H groups in total. The predicted molar refractivity (Wildman–Crippen MR) is 103 cm³/mol. The Morgan fingerprint density at radius 2 is 1.03 bits per heavy atom. The number of hydrogen-bond acceptors (Lipinski definition) is 2. The van der Waals surface area contributed by atoms with Gasteiger partial charge in [-0.1, -0.05) is 0 Å². The first kappa shape index (κ1) is 24.4. The third kappa shape index (κ3) is 4.04. The van der Waals surface area contributed by atoms with Gasteiger partial charge in [0.1, 0.15) is 0 Å². The van der Waals surface area contributed by atoms with Gasteiger partial charge in [-0.3, -0.25) is 4.68 Å². The van der Waals surface area contributed by atoms with E-state index in [4.69, 9.17) is 0 Å². The van der Waals surface area contributed by atoms with Crippen LogP contribution in [0.1, 0.15) is 11.1 Å². The average molecular weight is 507 g/mol. The SMILES string of the molecule is Cn1cc2cc(N(Cc3c(F)c(F)c(F)c(F)c3F)Cc3c(F)c(F)c(F)c(F)c3F)ccc2n1. The molecule has 0 atom stereocenters. The van der Waals surface area contributed by atoms with Crippen molar-refractivity contribution in [2.75, 3.05) is 4.90 Å². The normalized spacial score (nSPS) is 11.5. The predicted octanol–water partition coefficient (Wildman–Crippen LogP) is 6.17. The molecule has 0 unspecified atom stereocenters. The van der Waals surface area contributed by atoms with E-state index < -0.39 is 82.4 Å². The van der Waals surface area contributed by atoms with E-state index in [9.17, 15) is 43.9 Å². The Labute approximate surface area is 189 Å². The van der Waals surface area contributed by atoms with Crippen LogP contribution >= 0.6 is 0 Å². The molecule has 13 heteroatoms. The van der Waals surface area contributed by atoms with Crippen LogP contribution in [0.15, 0.2) is 24.4 Å². The van der Waals surface area contributed by atoms with Gasteiger partial charge in [0.15, 0.2) is 46.5 Å². The molecule has 0 radical (unpaired) electrons. The van der Waals surface area contributed by atoms with Crippen molar-refractivity contribution in [2.45, 2.75) is 13.1 Å². The van der Waals surface area contributed by atoms with Crippen molar-refractivity contribution < 1.29 is 43.9 Å². The maximum Gasteiger partial charge on any atom is 0.200 e. The molecule has 1 heterocycles. The molecule has 0 bridgehead atoms. The number of aryl methyl sites for hydroxylation is 1. The highest BCUT2D eigenvalue weighted by Gasteiger charge is 2.30. The molecule has 1 aromatic heterocycles. The van der Waals surface area contributed by atoms with E-state index in [0.29, 0.717) is 15.8 Å². The quantitative estimate of drug-likeness (QED) is 0.183. The highest BCUT2D eigenvalue weighted by Crippen LogP contribution is 2.31. The van der Waals surface area contributed by atoms with Crippen LogP contribution in [-0.4, -0.2) is 9.78 Å². The molecular weight excluding hydrogens is 496 g/mol. The van der Waals surface area contributed by atoms with Crippen molar-refractivity contribution in [1.29, 1.82) is 0 Å². The molecule has 4 aromatic rings. The van der Waals surface area contributed by atoms with Gasteiger partial charge in [0.05, 0.1) is 5.52 Å². The fraction of sp³-hybridized carbons (Fsp3) is 0.136. The summed E-state index contributed by atoms with van der Waals surface area (Å²) in [4.78, 5) is 0.697. The number of aromatic nitrogens is 2. The summed E-state index contributed by atoms with van der Waals surface area (Å²) in [5.74, 6) is -22.8. The Hall–Kier alpha value is -3.77.